The molecule has 2 rings (SSSR count). The van der Waals surface area contributed by atoms with E-state index in [-0.39, 0.29) is 17.3 Å². The molecule has 0 aromatic heterocycles. The highest BCUT2D eigenvalue weighted by molar-refractivity contribution is 5.18. The first-order valence-electron chi connectivity index (χ1n) is 6.85. The zero-order chi connectivity index (χ0) is 13.0. The monoisotopic (exact) mass is 250 g/mol. The Balaban J connectivity index is 2.09. The smallest absolute Gasteiger partial charge is 0.123 e. The van der Waals surface area contributed by atoms with Gasteiger partial charge in [-0.25, -0.2) is 4.39 Å². The molecular formula is C15H23FN2. The van der Waals surface area contributed by atoms with Gasteiger partial charge in [0, 0.05) is 6.04 Å². The van der Waals surface area contributed by atoms with Gasteiger partial charge in [0.05, 0.1) is 0 Å². The Kier molecular flexibility index (Phi) is 4.36. The van der Waals surface area contributed by atoms with Crippen LogP contribution in [0.15, 0.2) is 24.3 Å². The Morgan fingerprint density at radius 3 is 2.67 bits per heavy atom. The molecule has 1 fully saturated rings. The number of halogens is 1. The summed E-state index contributed by atoms with van der Waals surface area (Å²) in [5.74, 6) is 5.56. The van der Waals surface area contributed by atoms with Crippen LogP contribution in [0.1, 0.15) is 44.6 Å². The van der Waals surface area contributed by atoms with Crippen molar-refractivity contribution in [3.05, 3.63) is 35.6 Å². The standard InChI is InChI=1S/C15H23FN2/c1-15(8-3-2-4-9-15)14(18-17)11-12-6-5-7-13(16)10-12/h5-7,10,14,18H,2-4,8-9,11,17H2,1H3. The van der Waals surface area contributed by atoms with Crippen molar-refractivity contribution in [2.75, 3.05) is 0 Å². The summed E-state index contributed by atoms with van der Waals surface area (Å²) in [7, 11) is 0. The molecule has 100 valence electrons. The van der Waals surface area contributed by atoms with Gasteiger partial charge in [-0.05, 0) is 42.4 Å². The van der Waals surface area contributed by atoms with Crippen LogP contribution in [0.4, 0.5) is 4.39 Å². The van der Waals surface area contributed by atoms with E-state index in [1.807, 2.05) is 6.07 Å². The summed E-state index contributed by atoms with van der Waals surface area (Å²) in [6.45, 7) is 2.30. The van der Waals surface area contributed by atoms with Crippen molar-refractivity contribution in [2.24, 2.45) is 11.3 Å². The summed E-state index contributed by atoms with van der Waals surface area (Å²) in [4.78, 5) is 0. The van der Waals surface area contributed by atoms with E-state index in [0.717, 1.165) is 12.0 Å². The minimum atomic E-state index is -0.169. The molecule has 3 heteroatoms. The lowest BCUT2D eigenvalue weighted by Crippen LogP contribution is -2.49. The second kappa shape index (κ2) is 5.81. The van der Waals surface area contributed by atoms with Crippen LogP contribution in [0.3, 0.4) is 0 Å². The van der Waals surface area contributed by atoms with Crippen molar-refractivity contribution >= 4 is 0 Å². The van der Waals surface area contributed by atoms with E-state index in [2.05, 4.69) is 12.3 Å². The van der Waals surface area contributed by atoms with Gasteiger partial charge in [-0.3, -0.25) is 11.3 Å². The molecule has 1 unspecified atom stereocenters. The Morgan fingerprint density at radius 1 is 1.33 bits per heavy atom. The molecule has 18 heavy (non-hydrogen) atoms. The first-order valence-corrected chi connectivity index (χ1v) is 6.85. The number of nitrogens with two attached hydrogens (primary N) is 1. The van der Waals surface area contributed by atoms with Gasteiger partial charge < -0.3 is 0 Å². The number of benzene rings is 1. The number of hydrogen-bond acceptors (Lipinski definition) is 2. The summed E-state index contributed by atoms with van der Waals surface area (Å²) in [5, 5.41) is 0. The quantitative estimate of drug-likeness (QED) is 0.636. The molecule has 1 aromatic rings. The lowest BCUT2D eigenvalue weighted by atomic mass is 9.69. The van der Waals surface area contributed by atoms with Crippen molar-refractivity contribution in [3.8, 4) is 0 Å². The predicted octanol–water partition coefficient (Wildman–Crippen LogP) is 3.17. The molecule has 0 saturated heterocycles. The van der Waals surface area contributed by atoms with Crippen LogP contribution < -0.4 is 11.3 Å². The number of hydrogen-bond donors (Lipinski definition) is 2. The van der Waals surface area contributed by atoms with Gasteiger partial charge in [0.1, 0.15) is 5.82 Å². The summed E-state index contributed by atoms with van der Waals surface area (Å²) in [6, 6.07) is 7.05. The number of nitrogens with one attached hydrogen (secondary N) is 1. The highest BCUT2D eigenvalue weighted by Crippen LogP contribution is 2.39. The van der Waals surface area contributed by atoms with Crippen LogP contribution in [0.25, 0.3) is 0 Å². The van der Waals surface area contributed by atoms with Gasteiger partial charge in [0.15, 0.2) is 0 Å². The zero-order valence-corrected chi connectivity index (χ0v) is 11.1. The summed E-state index contributed by atoms with van der Waals surface area (Å²) >= 11 is 0. The van der Waals surface area contributed by atoms with E-state index in [1.54, 1.807) is 12.1 Å². The molecule has 0 spiro atoms. The molecule has 1 saturated carbocycles. The predicted molar refractivity (Wildman–Crippen MR) is 72.4 cm³/mol. The molecule has 1 aliphatic rings. The van der Waals surface area contributed by atoms with Gasteiger partial charge in [-0.1, -0.05) is 38.3 Å². The number of hydrazine groups is 1. The van der Waals surface area contributed by atoms with Crippen molar-refractivity contribution in [1.29, 1.82) is 0 Å². The van der Waals surface area contributed by atoms with E-state index < -0.39 is 0 Å². The van der Waals surface area contributed by atoms with E-state index in [1.165, 1.54) is 38.2 Å². The normalized spacial score (nSPS) is 20.6. The van der Waals surface area contributed by atoms with E-state index in [4.69, 9.17) is 5.84 Å². The Bertz CT molecular complexity index is 386. The van der Waals surface area contributed by atoms with E-state index >= 15 is 0 Å². The number of rotatable bonds is 4. The second-order valence-corrected chi connectivity index (χ2v) is 5.77. The second-order valence-electron chi connectivity index (χ2n) is 5.77. The van der Waals surface area contributed by atoms with Crippen LogP contribution in [0.5, 0.6) is 0 Å². The average Bonchev–Trinajstić information content (AvgIpc) is 2.37. The maximum atomic E-state index is 13.2. The maximum Gasteiger partial charge on any atom is 0.123 e. The van der Waals surface area contributed by atoms with Crippen LogP contribution in [-0.4, -0.2) is 6.04 Å². The fourth-order valence-electron chi connectivity index (χ4n) is 3.11. The topological polar surface area (TPSA) is 38.0 Å². The van der Waals surface area contributed by atoms with Crippen LogP contribution >= 0.6 is 0 Å². The molecule has 1 aliphatic carbocycles. The van der Waals surface area contributed by atoms with E-state index in [0.29, 0.717) is 0 Å². The molecule has 0 bridgehead atoms. The molecule has 0 aliphatic heterocycles. The van der Waals surface area contributed by atoms with E-state index in [9.17, 15) is 4.39 Å². The van der Waals surface area contributed by atoms with Crippen molar-refractivity contribution < 1.29 is 4.39 Å². The first-order chi connectivity index (χ1) is 8.64. The van der Waals surface area contributed by atoms with Gasteiger partial charge in [0.25, 0.3) is 0 Å². The molecule has 0 amide bonds. The summed E-state index contributed by atoms with van der Waals surface area (Å²) in [6.07, 6.45) is 7.08. The Hall–Kier alpha value is -0.930. The van der Waals surface area contributed by atoms with Crippen LogP contribution in [0, 0.1) is 11.2 Å². The average molecular weight is 250 g/mol. The van der Waals surface area contributed by atoms with Gasteiger partial charge in [-0.15, -0.1) is 0 Å². The highest BCUT2D eigenvalue weighted by atomic mass is 19.1. The van der Waals surface area contributed by atoms with Gasteiger partial charge in [-0.2, -0.15) is 0 Å². The molecule has 1 atom stereocenters. The Labute approximate surface area is 109 Å². The lowest BCUT2D eigenvalue weighted by molar-refractivity contribution is 0.144. The molecule has 2 nitrogen and oxygen atoms in total. The molecule has 1 aromatic carbocycles. The maximum absolute atomic E-state index is 13.2. The van der Waals surface area contributed by atoms with Gasteiger partial charge in [0.2, 0.25) is 0 Å². The Morgan fingerprint density at radius 2 is 2.06 bits per heavy atom. The zero-order valence-electron chi connectivity index (χ0n) is 11.1. The van der Waals surface area contributed by atoms with Gasteiger partial charge >= 0.3 is 0 Å². The minimum absolute atomic E-state index is 0.169. The van der Waals surface area contributed by atoms with Crippen molar-refractivity contribution in [2.45, 2.75) is 51.5 Å². The third-order valence-corrected chi connectivity index (χ3v) is 4.37. The third kappa shape index (κ3) is 3.09. The fraction of sp³-hybridized carbons (Fsp3) is 0.600. The van der Waals surface area contributed by atoms with Crippen molar-refractivity contribution in [1.82, 2.24) is 5.43 Å². The SMILES string of the molecule is CC1(C(Cc2cccc(F)c2)NN)CCCCC1. The van der Waals surface area contributed by atoms with Crippen LogP contribution in [-0.2, 0) is 6.42 Å². The largest absolute Gasteiger partial charge is 0.271 e. The summed E-state index contributed by atoms with van der Waals surface area (Å²) in [5.41, 5.74) is 4.21. The first kappa shape index (κ1) is 13.5. The fourth-order valence-corrected chi connectivity index (χ4v) is 3.11. The van der Waals surface area contributed by atoms with Crippen molar-refractivity contribution in [3.63, 3.8) is 0 Å². The molecule has 3 N–H and O–H groups in total. The highest BCUT2D eigenvalue weighted by Gasteiger charge is 2.34. The molecule has 0 heterocycles. The van der Waals surface area contributed by atoms with Crippen LogP contribution in [0.2, 0.25) is 0 Å². The third-order valence-electron chi connectivity index (χ3n) is 4.37. The lowest BCUT2D eigenvalue weighted by Gasteiger charge is -2.40. The summed E-state index contributed by atoms with van der Waals surface area (Å²) < 4.78 is 13.2. The molecule has 0 radical (unpaired) electrons. The minimum Gasteiger partial charge on any atom is -0.271 e. The molecular weight excluding hydrogens is 227 g/mol.